The normalized spacial score (nSPS) is 11.6. The van der Waals surface area contributed by atoms with Gasteiger partial charge in [-0.25, -0.2) is 9.78 Å². The summed E-state index contributed by atoms with van der Waals surface area (Å²) in [5.74, 6) is -1.06. The molecule has 0 saturated heterocycles. The topological polar surface area (TPSA) is 82.5 Å². The van der Waals surface area contributed by atoms with Crippen LogP contribution >= 0.6 is 0 Å². The molecule has 1 heterocycles. The minimum atomic E-state index is -1.06. The molecule has 0 aliphatic rings. The van der Waals surface area contributed by atoms with Crippen molar-refractivity contribution in [2.45, 2.75) is 13.8 Å². The predicted molar refractivity (Wildman–Crippen MR) is 78.1 cm³/mol. The van der Waals surface area contributed by atoms with Gasteiger partial charge in [0.15, 0.2) is 5.69 Å². The van der Waals surface area contributed by atoms with Crippen LogP contribution in [-0.2, 0) is 0 Å². The summed E-state index contributed by atoms with van der Waals surface area (Å²) in [5.41, 5.74) is 1.08. The van der Waals surface area contributed by atoms with E-state index < -0.39 is 5.97 Å². The second-order valence-electron chi connectivity index (χ2n) is 5.55. The Balaban J connectivity index is 2.42. The number of carboxylic acid groups (broad SMARTS) is 1. The summed E-state index contributed by atoms with van der Waals surface area (Å²) < 4.78 is 0. The third kappa shape index (κ3) is 3.05. The minimum absolute atomic E-state index is 0.00741. The Bertz CT molecular complexity index is 638. The monoisotopic (exact) mass is 274 g/mol. The van der Waals surface area contributed by atoms with Crippen molar-refractivity contribution in [3.05, 3.63) is 36.0 Å². The van der Waals surface area contributed by atoms with Crippen LogP contribution in [0, 0.1) is 5.41 Å². The molecule has 0 aliphatic heterocycles. The number of rotatable bonds is 5. The van der Waals surface area contributed by atoms with Gasteiger partial charge < -0.3 is 15.5 Å². The lowest BCUT2D eigenvalue weighted by molar-refractivity contribution is 0.0691. The van der Waals surface area contributed by atoms with E-state index in [1.54, 1.807) is 6.07 Å². The fourth-order valence-electron chi connectivity index (χ4n) is 1.82. The van der Waals surface area contributed by atoms with Crippen LogP contribution in [0.5, 0.6) is 0 Å². The number of pyridine rings is 1. The number of aliphatic hydroxyl groups is 1. The Morgan fingerprint density at radius 1 is 1.35 bits per heavy atom. The maximum atomic E-state index is 11.1. The van der Waals surface area contributed by atoms with E-state index in [2.05, 4.69) is 10.3 Å². The molecule has 0 amide bonds. The van der Waals surface area contributed by atoms with Crippen LogP contribution in [0.2, 0.25) is 0 Å². The maximum absolute atomic E-state index is 11.1. The highest BCUT2D eigenvalue weighted by molar-refractivity contribution is 5.97. The van der Waals surface area contributed by atoms with Crippen molar-refractivity contribution >= 4 is 22.6 Å². The Morgan fingerprint density at radius 2 is 2.05 bits per heavy atom. The van der Waals surface area contributed by atoms with Crippen LogP contribution in [0.4, 0.5) is 5.69 Å². The number of carbonyl (C=O) groups is 1. The highest BCUT2D eigenvalue weighted by Gasteiger charge is 2.17. The summed E-state index contributed by atoms with van der Waals surface area (Å²) in [6.45, 7) is 4.45. The zero-order chi connectivity index (χ0) is 14.8. The molecule has 0 spiro atoms. The number of aromatic nitrogens is 1. The fourth-order valence-corrected chi connectivity index (χ4v) is 1.82. The Morgan fingerprint density at radius 3 is 2.70 bits per heavy atom. The minimum Gasteiger partial charge on any atom is -0.477 e. The van der Waals surface area contributed by atoms with E-state index in [1.807, 2.05) is 32.0 Å². The Hall–Kier alpha value is -2.14. The standard InChI is InChI=1S/C15H18N2O3/c1-15(2,9-18)8-16-12-7-13(14(19)20)17-11-6-4-3-5-10(11)12/h3-7,18H,8-9H2,1-2H3,(H,16,17)(H,19,20). The van der Waals surface area contributed by atoms with Gasteiger partial charge in [-0.1, -0.05) is 32.0 Å². The van der Waals surface area contributed by atoms with Gasteiger partial charge in [0.2, 0.25) is 0 Å². The highest BCUT2D eigenvalue weighted by atomic mass is 16.4. The molecule has 3 N–H and O–H groups in total. The molecule has 5 heteroatoms. The number of aliphatic hydroxyl groups excluding tert-OH is 1. The first kappa shape index (κ1) is 14.3. The van der Waals surface area contributed by atoms with Crippen molar-refractivity contribution < 1.29 is 15.0 Å². The van der Waals surface area contributed by atoms with Crippen molar-refractivity contribution in [3.63, 3.8) is 0 Å². The summed E-state index contributed by atoms with van der Waals surface area (Å²) in [6.07, 6.45) is 0. The molecule has 0 fully saturated rings. The molecule has 1 aromatic heterocycles. The summed E-state index contributed by atoms with van der Waals surface area (Å²) in [4.78, 5) is 15.2. The number of hydrogen-bond acceptors (Lipinski definition) is 4. The molecular weight excluding hydrogens is 256 g/mol. The van der Waals surface area contributed by atoms with Gasteiger partial charge in [-0.05, 0) is 12.1 Å². The molecule has 106 valence electrons. The number of nitrogens with one attached hydrogen (secondary N) is 1. The first-order valence-corrected chi connectivity index (χ1v) is 6.41. The molecule has 20 heavy (non-hydrogen) atoms. The van der Waals surface area contributed by atoms with Gasteiger partial charge in [-0.3, -0.25) is 0 Å². The molecule has 0 saturated carbocycles. The molecule has 0 atom stereocenters. The van der Waals surface area contributed by atoms with Crippen LogP contribution in [0.15, 0.2) is 30.3 Å². The first-order valence-electron chi connectivity index (χ1n) is 6.41. The molecule has 0 radical (unpaired) electrons. The van der Waals surface area contributed by atoms with E-state index in [4.69, 9.17) is 5.11 Å². The van der Waals surface area contributed by atoms with Crippen LogP contribution in [-0.4, -0.2) is 34.3 Å². The molecule has 2 aromatic rings. The quantitative estimate of drug-likeness (QED) is 0.779. The summed E-state index contributed by atoms with van der Waals surface area (Å²) >= 11 is 0. The lowest BCUT2D eigenvalue weighted by Crippen LogP contribution is -2.27. The summed E-state index contributed by atoms with van der Waals surface area (Å²) in [7, 11) is 0. The zero-order valence-electron chi connectivity index (χ0n) is 11.6. The van der Waals surface area contributed by atoms with E-state index in [9.17, 15) is 9.90 Å². The smallest absolute Gasteiger partial charge is 0.354 e. The third-order valence-corrected chi connectivity index (χ3v) is 3.12. The van der Waals surface area contributed by atoms with Crippen molar-refractivity contribution in [1.29, 1.82) is 0 Å². The van der Waals surface area contributed by atoms with E-state index in [0.29, 0.717) is 12.1 Å². The van der Waals surface area contributed by atoms with Crippen molar-refractivity contribution in [2.75, 3.05) is 18.5 Å². The average molecular weight is 274 g/mol. The van der Waals surface area contributed by atoms with Gasteiger partial charge in [-0.2, -0.15) is 0 Å². The summed E-state index contributed by atoms with van der Waals surface area (Å²) in [6, 6.07) is 8.90. The number of hydrogen-bond donors (Lipinski definition) is 3. The fraction of sp³-hybridized carbons (Fsp3) is 0.333. The first-order chi connectivity index (χ1) is 9.43. The van der Waals surface area contributed by atoms with Crippen LogP contribution < -0.4 is 5.32 Å². The third-order valence-electron chi connectivity index (χ3n) is 3.12. The van der Waals surface area contributed by atoms with Gasteiger partial charge in [0, 0.05) is 29.6 Å². The second kappa shape index (κ2) is 5.46. The Kier molecular flexibility index (Phi) is 3.90. The predicted octanol–water partition coefficient (Wildman–Crippen LogP) is 2.36. The molecular formula is C15H18N2O3. The number of para-hydroxylation sites is 1. The maximum Gasteiger partial charge on any atom is 0.354 e. The van der Waals surface area contributed by atoms with Crippen LogP contribution in [0.3, 0.4) is 0 Å². The molecule has 0 unspecified atom stereocenters. The molecule has 1 aromatic carbocycles. The highest BCUT2D eigenvalue weighted by Crippen LogP contribution is 2.25. The average Bonchev–Trinajstić information content (AvgIpc) is 2.44. The van der Waals surface area contributed by atoms with Gasteiger partial charge >= 0.3 is 5.97 Å². The lowest BCUT2D eigenvalue weighted by Gasteiger charge is -2.23. The van der Waals surface area contributed by atoms with Crippen LogP contribution in [0.1, 0.15) is 24.3 Å². The molecule has 5 nitrogen and oxygen atoms in total. The SMILES string of the molecule is CC(C)(CO)CNc1cc(C(=O)O)nc2ccccc12. The lowest BCUT2D eigenvalue weighted by atomic mass is 9.95. The van der Waals surface area contributed by atoms with Gasteiger partial charge in [0.05, 0.1) is 5.52 Å². The number of aromatic carboxylic acids is 1. The van der Waals surface area contributed by atoms with E-state index in [1.165, 1.54) is 6.07 Å². The zero-order valence-corrected chi connectivity index (χ0v) is 11.6. The van der Waals surface area contributed by atoms with Crippen molar-refractivity contribution in [1.82, 2.24) is 4.98 Å². The van der Waals surface area contributed by atoms with Gasteiger partial charge in [0.1, 0.15) is 0 Å². The number of anilines is 1. The number of nitrogens with zero attached hydrogens (tertiary/aromatic N) is 1. The van der Waals surface area contributed by atoms with Gasteiger partial charge in [-0.15, -0.1) is 0 Å². The molecule has 0 bridgehead atoms. The molecule has 0 aliphatic carbocycles. The largest absolute Gasteiger partial charge is 0.477 e. The summed E-state index contributed by atoms with van der Waals surface area (Å²) in [5, 5.41) is 22.5. The van der Waals surface area contributed by atoms with E-state index >= 15 is 0 Å². The molecule has 2 rings (SSSR count). The van der Waals surface area contributed by atoms with Gasteiger partial charge in [0.25, 0.3) is 0 Å². The number of carboxylic acids is 1. The van der Waals surface area contributed by atoms with Crippen LogP contribution in [0.25, 0.3) is 10.9 Å². The number of benzene rings is 1. The van der Waals surface area contributed by atoms with Crippen molar-refractivity contribution in [3.8, 4) is 0 Å². The van der Waals surface area contributed by atoms with E-state index in [-0.39, 0.29) is 17.7 Å². The second-order valence-corrected chi connectivity index (χ2v) is 5.55. The Labute approximate surface area is 117 Å². The number of fused-ring (bicyclic) bond motifs is 1. The van der Waals surface area contributed by atoms with Crippen molar-refractivity contribution in [2.24, 2.45) is 5.41 Å². The van der Waals surface area contributed by atoms with E-state index in [0.717, 1.165) is 11.1 Å².